The summed E-state index contributed by atoms with van der Waals surface area (Å²) in [5.74, 6) is 1.94. The van der Waals surface area contributed by atoms with Gasteiger partial charge in [-0.15, -0.1) is 0 Å². The quantitative estimate of drug-likeness (QED) is 0.879. The molecule has 20 heavy (non-hydrogen) atoms. The van der Waals surface area contributed by atoms with Crippen LogP contribution in [0.5, 0.6) is 5.75 Å². The monoisotopic (exact) mass is 273 g/mol. The van der Waals surface area contributed by atoms with Crippen molar-refractivity contribution in [1.29, 1.82) is 0 Å². The number of piperidine rings is 1. The SMILES string of the molecule is Cc1cc(-c2noc([C@H]3CCCNC3)n2)cc(C)c1O. The van der Waals surface area contributed by atoms with E-state index < -0.39 is 0 Å². The Labute approximate surface area is 118 Å². The predicted molar refractivity (Wildman–Crippen MR) is 75.7 cm³/mol. The molecule has 5 heteroatoms. The Balaban J connectivity index is 1.89. The molecule has 1 aromatic carbocycles. The van der Waals surface area contributed by atoms with Crippen molar-refractivity contribution in [2.75, 3.05) is 13.1 Å². The maximum Gasteiger partial charge on any atom is 0.231 e. The number of rotatable bonds is 2. The lowest BCUT2D eigenvalue weighted by molar-refractivity contribution is 0.322. The van der Waals surface area contributed by atoms with Gasteiger partial charge >= 0.3 is 0 Å². The van der Waals surface area contributed by atoms with Crippen LogP contribution in [0.15, 0.2) is 16.7 Å². The summed E-state index contributed by atoms with van der Waals surface area (Å²) in [5.41, 5.74) is 2.54. The Morgan fingerprint density at radius 1 is 1.30 bits per heavy atom. The van der Waals surface area contributed by atoms with E-state index in [1.807, 2.05) is 26.0 Å². The molecular weight excluding hydrogens is 254 g/mol. The minimum atomic E-state index is 0.310. The molecule has 5 nitrogen and oxygen atoms in total. The average Bonchev–Trinajstić information content (AvgIpc) is 2.95. The fraction of sp³-hybridized carbons (Fsp3) is 0.467. The van der Waals surface area contributed by atoms with Crippen LogP contribution in [0.4, 0.5) is 0 Å². The number of nitrogens with one attached hydrogen (secondary N) is 1. The van der Waals surface area contributed by atoms with Crippen LogP contribution in [0.1, 0.15) is 35.8 Å². The van der Waals surface area contributed by atoms with Gasteiger partial charge in [0.05, 0.1) is 5.92 Å². The molecule has 0 radical (unpaired) electrons. The zero-order valence-corrected chi connectivity index (χ0v) is 11.8. The summed E-state index contributed by atoms with van der Waals surface area (Å²) in [4.78, 5) is 4.52. The van der Waals surface area contributed by atoms with Gasteiger partial charge in [0, 0.05) is 12.1 Å². The highest BCUT2D eigenvalue weighted by atomic mass is 16.5. The van der Waals surface area contributed by atoms with Gasteiger partial charge in [-0.2, -0.15) is 4.98 Å². The topological polar surface area (TPSA) is 71.2 Å². The van der Waals surface area contributed by atoms with Crippen LogP contribution >= 0.6 is 0 Å². The van der Waals surface area contributed by atoms with E-state index in [9.17, 15) is 5.11 Å². The zero-order chi connectivity index (χ0) is 14.1. The summed E-state index contributed by atoms with van der Waals surface area (Å²) in [7, 11) is 0. The predicted octanol–water partition coefficient (Wildman–Crippen LogP) is 2.53. The first-order chi connectivity index (χ1) is 9.65. The van der Waals surface area contributed by atoms with Crippen molar-refractivity contribution in [2.45, 2.75) is 32.6 Å². The molecule has 2 aromatic rings. The van der Waals surface area contributed by atoms with Crippen molar-refractivity contribution in [1.82, 2.24) is 15.5 Å². The molecule has 0 saturated carbocycles. The molecular formula is C15H19N3O2. The molecule has 3 rings (SSSR count). The third-order valence-corrected chi connectivity index (χ3v) is 3.84. The number of phenolic OH excluding ortho intramolecular Hbond substituents is 1. The lowest BCUT2D eigenvalue weighted by Gasteiger charge is -2.18. The van der Waals surface area contributed by atoms with Gasteiger partial charge in [0.2, 0.25) is 11.7 Å². The molecule has 106 valence electrons. The summed E-state index contributed by atoms with van der Waals surface area (Å²) >= 11 is 0. The number of hydrogen-bond donors (Lipinski definition) is 2. The number of nitrogens with zero attached hydrogens (tertiary/aromatic N) is 2. The van der Waals surface area contributed by atoms with Crippen molar-refractivity contribution < 1.29 is 9.63 Å². The van der Waals surface area contributed by atoms with E-state index in [1.165, 1.54) is 0 Å². The fourth-order valence-electron chi connectivity index (χ4n) is 2.67. The number of aromatic nitrogens is 2. The molecule has 0 bridgehead atoms. The zero-order valence-electron chi connectivity index (χ0n) is 11.8. The first kappa shape index (κ1) is 13.1. The minimum absolute atomic E-state index is 0.310. The highest BCUT2D eigenvalue weighted by Crippen LogP contribution is 2.29. The van der Waals surface area contributed by atoms with E-state index in [0.29, 0.717) is 23.4 Å². The molecule has 0 unspecified atom stereocenters. The first-order valence-corrected chi connectivity index (χ1v) is 7.00. The Hall–Kier alpha value is -1.88. The van der Waals surface area contributed by atoms with Crippen molar-refractivity contribution in [3.8, 4) is 17.1 Å². The fourth-order valence-corrected chi connectivity index (χ4v) is 2.67. The number of benzene rings is 1. The molecule has 1 atom stereocenters. The van der Waals surface area contributed by atoms with E-state index in [4.69, 9.17) is 4.52 Å². The second-order valence-electron chi connectivity index (χ2n) is 5.46. The Kier molecular flexibility index (Phi) is 3.44. The summed E-state index contributed by atoms with van der Waals surface area (Å²) in [6.07, 6.45) is 2.22. The van der Waals surface area contributed by atoms with E-state index in [-0.39, 0.29) is 0 Å². The lowest BCUT2D eigenvalue weighted by atomic mass is 10.00. The van der Waals surface area contributed by atoms with Crippen LogP contribution in [0.3, 0.4) is 0 Å². The largest absolute Gasteiger partial charge is 0.507 e. The summed E-state index contributed by atoms with van der Waals surface area (Å²) < 4.78 is 5.40. The van der Waals surface area contributed by atoms with Gasteiger partial charge in [-0.05, 0) is 56.5 Å². The normalized spacial score (nSPS) is 19.2. The van der Waals surface area contributed by atoms with Crippen LogP contribution in [0.2, 0.25) is 0 Å². The number of aromatic hydroxyl groups is 1. The summed E-state index contributed by atoms with van der Waals surface area (Å²) in [5, 5.41) is 17.2. The van der Waals surface area contributed by atoms with Crippen molar-refractivity contribution >= 4 is 0 Å². The van der Waals surface area contributed by atoms with E-state index in [2.05, 4.69) is 15.5 Å². The van der Waals surface area contributed by atoms with Crippen LogP contribution < -0.4 is 5.32 Å². The van der Waals surface area contributed by atoms with Crippen LogP contribution in [-0.4, -0.2) is 28.3 Å². The highest BCUT2D eigenvalue weighted by Gasteiger charge is 2.22. The van der Waals surface area contributed by atoms with Gasteiger partial charge in [-0.25, -0.2) is 0 Å². The standard InChI is InChI=1S/C15H19N3O2/c1-9-6-12(7-10(2)13(9)19)14-17-15(20-18-14)11-4-3-5-16-8-11/h6-7,11,16,19H,3-5,8H2,1-2H3/t11-/m0/s1. The molecule has 1 saturated heterocycles. The maximum atomic E-state index is 9.81. The van der Waals surface area contributed by atoms with Gasteiger partial charge in [0.1, 0.15) is 5.75 Å². The Morgan fingerprint density at radius 2 is 2.05 bits per heavy atom. The molecule has 1 aliphatic heterocycles. The molecule has 1 aliphatic rings. The number of aryl methyl sites for hydroxylation is 2. The van der Waals surface area contributed by atoms with Crippen molar-refractivity contribution in [3.05, 3.63) is 29.2 Å². The first-order valence-electron chi connectivity index (χ1n) is 7.00. The third kappa shape index (κ3) is 2.41. The van der Waals surface area contributed by atoms with Crippen LogP contribution in [-0.2, 0) is 0 Å². The van der Waals surface area contributed by atoms with Gasteiger partial charge in [0.15, 0.2) is 0 Å². The van der Waals surface area contributed by atoms with Gasteiger partial charge in [0.25, 0.3) is 0 Å². The van der Waals surface area contributed by atoms with E-state index >= 15 is 0 Å². The lowest BCUT2D eigenvalue weighted by Crippen LogP contribution is -2.28. The molecule has 2 heterocycles. The second-order valence-corrected chi connectivity index (χ2v) is 5.46. The van der Waals surface area contributed by atoms with Gasteiger partial charge in [-0.3, -0.25) is 0 Å². The average molecular weight is 273 g/mol. The molecule has 0 spiro atoms. The van der Waals surface area contributed by atoms with Gasteiger partial charge in [-0.1, -0.05) is 5.16 Å². The summed E-state index contributed by atoms with van der Waals surface area (Å²) in [6.45, 7) is 5.71. The van der Waals surface area contributed by atoms with Crippen molar-refractivity contribution in [3.63, 3.8) is 0 Å². The number of phenols is 1. The smallest absolute Gasteiger partial charge is 0.231 e. The van der Waals surface area contributed by atoms with Crippen molar-refractivity contribution in [2.24, 2.45) is 0 Å². The molecule has 2 N–H and O–H groups in total. The highest BCUT2D eigenvalue weighted by molar-refractivity contribution is 5.60. The Bertz CT molecular complexity index is 592. The number of hydrogen-bond acceptors (Lipinski definition) is 5. The van der Waals surface area contributed by atoms with E-state index in [1.54, 1.807) is 0 Å². The minimum Gasteiger partial charge on any atom is -0.507 e. The van der Waals surface area contributed by atoms with Gasteiger partial charge < -0.3 is 14.9 Å². The molecule has 0 aliphatic carbocycles. The summed E-state index contributed by atoms with van der Waals surface area (Å²) in [6, 6.07) is 3.77. The molecule has 1 aromatic heterocycles. The Morgan fingerprint density at radius 3 is 2.70 bits per heavy atom. The second kappa shape index (κ2) is 5.25. The molecule has 0 amide bonds. The maximum absolute atomic E-state index is 9.81. The molecule has 1 fully saturated rings. The third-order valence-electron chi connectivity index (χ3n) is 3.84. The van der Waals surface area contributed by atoms with Crippen LogP contribution in [0.25, 0.3) is 11.4 Å². The van der Waals surface area contributed by atoms with E-state index in [0.717, 1.165) is 42.6 Å². The van der Waals surface area contributed by atoms with Crippen LogP contribution in [0, 0.1) is 13.8 Å².